The molecule has 35 heavy (non-hydrogen) atoms. The summed E-state index contributed by atoms with van der Waals surface area (Å²) in [5.74, 6) is -0.381. The van der Waals surface area contributed by atoms with Crippen molar-refractivity contribution in [3.8, 4) is 5.75 Å². The highest BCUT2D eigenvalue weighted by molar-refractivity contribution is 6.30. The van der Waals surface area contributed by atoms with E-state index in [1.807, 2.05) is 0 Å². The van der Waals surface area contributed by atoms with Crippen molar-refractivity contribution in [1.82, 2.24) is 0 Å². The van der Waals surface area contributed by atoms with Crippen LogP contribution < -0.4 is 4.74 Å². The van der Waals surface area contributed by atoms with Crippen LogP contribution in [0.5, 0.6) is 5.75 Å². The molecule has 11 nitrogen and oxygen atoms in total. The van der Waals surface area contributed by atoms with Crippen molar-refractivity contribution in [2.45, 2.75) is 39.2 Å². The Labute approximate surface area is 206 Å². The normalized spacial score (nSPS) is 11.4. The van der Waals surface area contributed by atoms with Crippen molar-refractivity contribution < 1.29 is 34.2 Å². The van der Waals surface area contributed by atoms with E-state index in [-0.39, 0.29) is 18.6 Å². The Bertz CT molecular complexity index is 1050. The molecule has 0 saturated heterocycles. The van der Waals surface area contributed by atoms with E-state index < -0.39 is 40.2 Å². The summed E-state index contributed by atoms with van der Waals surface area (Å²) in [5.41, 5.74) is -1.84. The van der Waals surface area contributed by atoms with E-state index in [2.05, 4.69) is 9.68 Å². The lowest BCUT2D eigenvalue weighted by Crippen LogP contribution is -2.44. The molecule has 2 rings (SSSR count). The summed E-state index contributed by atoms with van der Waals surface area (Å²) in [7, 11) is 0. The van der Waals surface area contributed by atoms with Crippen molar-refractivity contribution in [3.63, 3.8) is 0 Å². The molecule has 0 aromatic heterocycles. The largest absolute Gasteiger partial charge is 0.480 e. The number of ketones is 2. The second kappa shape index (κ2) is 11.6. The first-order valence-corrected chi connectivity index (χ1v) is 10.9. The van der Waals surface area contributed by atoms with Crippen LogP contribution in [0.3, 0.4) is 0 Å². The number of hydrogen-bond donors (Lipinski definition) is 0. The molecule has 0 N–H and O–H groups in total. The zero-order chi connectivity index (χ0) is 26.2. The van der Waals surface area contributed by atoms with Crippen LogP contribution in [0, 0.1) is 25.6 Å². The van der Waals surface area contributed by atoms with Gasteiger partial charge in [0.15, 0.2) is 17.2 Å². The first kappa shape index (κ1) is 27.5. The van der Waals surface area contributed by atoms with Crippen LogP contribution in [0.25, 0.3) is 0 Å². The van der Waals surface area contributed by atoms with Gasteiger partial charge in [-0.25, -0.2) is 0 Å². The highest BCUT2D eigenvalue weighted by Gasteiger charge is 2.40. The summed E-state index contributed by atoms with van der Waals surface area (Å²) >= 11 is 5.85. The van der Waals surface area contributed by atoms with E-state index >= 15 is 0 Å². The second-order valence-corrected chi connectivity index (χ2v) is 8.86. The fourth-order valence-corrected chi connectivity index (χ4v) is 3.33. The minimum Gasteiger partial charge on any atom is -0.480 e. The van der Waals surface area contributed by atoms with Crippen LogP contribution in [0.2, 0.25) is 5.02 Å². The van der Waals surface area contributed by atoms with E-state index in [4.69, 9.17) is 16.3 Å². The zero-order valence-corrected chi connectivity index (χ0v) is 20.1. The number of ether oxygens (including phenoxy) is 1. The van der Waals surface area contributed by atoms with Gasteiger partial charge < -0.3 is 14.4 Å². The summed E-state index contributed by atoms with van der Waals surface area (Å²) in [6.07, 6.45) is -0.191. The zero-order valence-electron chi connectivity index (χ0n) is 19.4. The lowest BCUT2D eigenvalue weighted by molar-refractivity contribution is -0.772. The maximum absolute atomic E-state index is 13.1. The van der Waals surface area contributed by atoms with Gasteiger partial charge in [-0.05, 0) is 68.8 Å². The standard InChI is InChI=1S/C23H25ClN2O9/c1-4-23(14-33-25(29)30,15-34-26(31)32)13-20(27)22(2,3)35-19-11-7-17(8-12-19)21(28)16-5-9-18(24)10-6-16/h5-12H,4,13-15H2,1-3H3. The van der Waals surface area contributed by atoms with Gasteiger partial charge in [-0.1, -0.05) is 18.5 Å². The third kappa shape index (κ3) is 7.92. The quantitative estimate of drug-likeness (QED) is 0.204. The van der Waals surface area contributed by atoms with Crippen molar-refractivity contribution in [3.05, 3.63) is 84.9 Å². The minimum absolute atomic E-state index is 0.137. The van der Waals surface area contributed by atoms with Crippen LogP contribution in [-0.2, 0) is 14.5 Å². The molecule has 0 aliphatic rings. The van der Waals surface area contributed by atoms with Crippen LogP contribution >= 0.6 is 11.6 Å². The highest BCUT2D eigenvalue weighted by Crippen LogP contribution is 2.32. The predicted octanol–water partition coefficient (Wildman–Crippen LogP) is 4.50. The Hall–Kier alpha value is -3.73. The molecule has 0 saturated carbocycles. The Morgan fingerprint density at radius 3 is 1.77 bits per heavy atom. The average Bonchev–Trinajstić information content (AvgIpc) is 2.81. The minimum atomic E-state index is -1.40. The van der Waals surface area contributed by atoms with Gasteiger partial charge in [0.2, 0.25) is 0 Å². The van der Waals surface area contributed by atoms with Gasteiger partial charge in [-0.15, -0.1) is 20.2 Å². The molecule has 0 radical (unpaired) electrons. The van der Waals surface area contributed by atoms with Gasteiger partial charge in [-0.3, -0.25) is 9.59 Å². The molecule has 0 amide bonds. The van der Waals surface area contributed by atoms with Crippen LogP contribution in [0.15, 0.2) is 48.5 Å². The molecule has 12 heteroatoms. The van der Waals surface area contributed by atoms with E-state index in [1.54, 1.807) is 43.3 Å². The Kier molecular flexibility index (Phi) is 9.12. The van der Waals surface area contributed by atoms with Crippen molar-refractivity contribution in [2.75, 3.05) is 13.2 Å². The third-order valence-corrected chi connectivity index (χ3v) is 5.76. The lowest BCUT2D eigenvalue weighted by Gasteiger charge is -2.33. The first-order valence-electron chi connectivity index (χ1n) is 10.5. The average molecular weight is 509 g/mol. The molecule has 0 atom stereocenters. The van der Waals surface area contributed by atoms with E-state index in [1.165, 1.54) is 26.0 Å². The molecule has 0 bridgehead atoms. The monoisotopic (exact) mass is 508 g/mol. The predicted molar refractivity (Wildman–Crippen MR) is 124 cm³/mol. The Balaban J connectivity index is 2.14. The fourth-order valence-electron chi connectivity index (χ4n) is 3.20. The second-order valence-electron chi connectivity index (χ2n) is 8.42. The van der Waals surface area contributed by atoms with Crippen LogP contribution in [0.4, 0.5) is 0 Å². The number of nitrogens with zero attached hydrogens (tertiary/aromatic N) is 2. The van der Waals surface area contributed by atoms with Crippen LogP contribution in [-0.4, -0.2) is 40.6 Å². The number of carbonyl (C=O) groups excluding carboxylic acids is 2. The molecule has 0 unspecified atom stereocenters. The molecule has 188 valence electrons. The van der Waals surface area contributed by atoms with Gasteiger partial charge in [0.25, 0.3) is 10.2 Å². The number of halogens is 1. The van der Waals surface area contributed by atoms with Gasteiger partial charge in [0, 0.05) is 28.0 Å². The smallest absolute Gasteiger partial charge is 0.294 e. The molecule has 2 aromatic rings. The van der Waals surface area contributed by atoms with Crippen molar-refractivity contribution >= 4 is 23.2 Å². The summed E-state index contributed by atoms with van der Waals surface area (Å²) in [4.78, 5) is 55.9. The van der Waals surface area contributed by atoms with E-state index in [0.29, 0.717) is 21.9 Å². The topological polar surface area (TPSA) is 148 Å². The molecule has 0 spiro atoms. The van der Waals surface area contributed by atoms with E-state index in [9.17, 15) is 29.8 Å². The summed E-state index contributed by atoms with van der Waals surface area (Å²) in [6, 6.07) is 12.6. The molecular weight excluding hydrogens is 484 g/mol. The van der Waals surface area contributed by atoms with Gasteiger partial charge >= 0.3 is 0 Å². The maximum atomic E-state index is 13.1. The lowest BCUT2D eigenvalue weighted by atomic mass is 9.79. The number of hydrogen-bond acceptors (Lipinski definition) is 9. The van der Waals surface area contributed by atoms with Crippen molar-refractivity contribution in [1.29, 1.82) is 0 Å². The first-order chi connectivity index (χ1) is 16.4. The number of carbonyl (C=O) groups is 2. The highest BCUT2D eigenvalue weighted by atomic mass is 35.5. The molecule has 0 aliphatic carbocycles. The number of benzene rings is 2. The van der Waals surface area contributed by atoms with E-state index in [0.717, 1.165) is 0 Å². The summed E-state index contributed by atoms with van der Waals surface area (Å²) in [5, 5.41) is 19.8. The summed E-state index contributed by atoms with van der Waals surface area (Å²) in [6.45, 7) is 3.50. The maximum Gasteiger partial charge on any atom is 0.294 e. The van der Waals surface area contributed by atoms with Gasteiger partial charge in [0.05, 0.1) is 0 Å². The molecular formula is C23H25ClN2O9. The number of Topliss-reactive ketones (excluding diaryl/α,β-unsaturated/α-hetero) is 1. The molecule has 0 aliphatic heterocycles. The fraction of sp³-hybridized carbons (Fsp3) is 0.391. The SMILES string of the molecule is CCC(CO[N+](=O)[O-])(CO[N+](=O)[O-])CC(=O)C(C)(C)Oc1ccc(C(=O)c2ccc(Cl)cc2)cc1. The third-order valence-electron chi connectivity index (χ3n) is 5.51. The van der Waals surface area contributed by atoms with Crippen LogP contribution in [0.1, 0.15) is 49.5 Å². The van der Waals surface area contributed by atoms with Crippen molar-refractivity contribution in [2.24, 2.45) is 5.41 Å². The Morgan fingerprint density at radius 1 is 0.886 bits per heavy atom. The number of rotatable bonds is 14. The molecule has 2 aromatic carbocycles. The Morgan fingerprint density at radius 2 is 1.34 bits per heavy atom. The van der Waals surface area contributed by atoms with Gasteiger partial charge in [-0.2, -0.15) is 0 Å². The molecule has 0 fully saturated rings. The van der Waals surface area contributed by atoms with Gasteiger partial charge in [0.1, 0.15) is 19.0 Å². The molecule has 0 heterocycles. The summed E-state index contributed by atoms with van der Waals surface area (Å²) < 4.78 is 5.83.